The molecule has 0 aliphatic heterocycles. The third-order valence-corrected chi connectivity index (χ3v) is 4.02. The predicted molar refractivity (Wildman–Crippen MR) is 113 cm³/mol. The number of rotatable bonds is 3. The lowest BCUT2D eigenvalue weighted by Crippen LogP contribution is -1.95. The van der Waals surface area contributed by atoms with Gasteiger partial charge in [0.25, 0.3) is 0 Å². The van der Waals surface area contributed by atoms with Gasteiger partial charge in [-0.2, -0.15) is 0 Å². The van der Waals surface area contributed by atoms with Crippen LogP contribution in [-0.4, -0.2) is 34.0 Å². The highest BCUT2D eigenvalue weighted by Gasteiger charge is 2.08. The number of benzene rings is 1. The number of aromatic nitrogens is 3. The summed E-state index contributed by atoms with van der Waals surface area (Å²) < 4.78 is 13.0. The van der Waals surface area contributed by atoms with Crippen LogP contribution in [0.2, 0.25) is 5.15 Å². The van der Waals surface area contributed by atoms with E-state index < -0.39 is 0 Å². The molecule has 0 saturated carbocycles. The molecule has 2 N–H and O–H groups in total. The molecule has 0 saturated heterocycles. The molecule has 0 spiro atoms. The zero-order valence-electron chi connectivity index (χ0n) is 15.5. The molecule has 0 aliphatic rings. The van der Waals surface area contributed by atoms with Crippen molar-refractivity contribution in [1.82, 2.24) is 15.0 Å². The monoisotopic (exact) mass is 412 g/mol. The van der Waals surface area contributed by atoms with Gasteiger partial charge in [-0.15, -0.1) is 0 Å². The molecule has 3 aromatic heterocycles. The Morgan fingerprint density at radius 3 is 2.45 bits per heavy atom. The van der Waals surface area contributed by atoms with Gasteiger partial charge in [0.05, 0.1) is 22.4 Å². The van der Waals surface area contributed by atoms with E-state index >= 15 is 0 Å². The number of nitrogens with one attached hydrogen (secondary N) is 1. The first-order valence-corrected chi connectivity index (χ1v) is 8.71. The number of nitrogens with zero attached hydrogens (tertiary/aromatic N) is 3. The lowest BCUT2D eigenvalue weighted by atomic mass is 10.1. The van der Waals surface area contributed by atoms with Crippen molar-refractivity contribution < 1.29 is 14.3 Å². The number of aliphatic hydroxyl groups excluding tert-OH is 1. The molecule has 0 radical (unpaired) electrons. The summed E-state index contributed by atoms with van der Waals surface area (Å²) in [4.78, 5) is 21.1. The van der Waals surface area contributed by atoms with Crippen molar-refractivity contribution in [2.75, 3.05) is 12.4 Å². The highest BCUT2D eigenvalue weighted by Crippen LogP contribution is 2.29. The predicted octanol–water partition coefficient (Wildman–Crippen LogP) is 4.65. The molecule has 29 heavy (non-hydrogen) atoms. The summed E-state index contributed by atoms with van der Waals surface area (Å²) in [5, 5.41) is 10.5. The summed E-state index contributed by atoms with van der Waals surface area (Å²) in [6.07, 6.45) is 3.40. The molecule has 6 nitrogen and oxygen atoms in total. The minimum absolute atomic E-state index is 0.294. The normalized spacial score (nSPS) is 9.66. The number of hydrogen-bond donors (Lipinski definition) is 2. The molecule has 0 amide bonds. The number of aliphatic hydroxyl groups is 1. The zero-order chi connectivity index (χ0) is 21.2. The first kappa shape index (κ1) is 21.9. The van der Waals surface area contributed by atoms with Crippen LogP contribution < -0.4 is 5.32 Å². The van der Waals surface area contributed by atoms with Gasteiger partial charge < -0.3 is 15.2 Å². The number of pyridine rings is 3. The minimum atomic E-state index is -0.294. The molecular weight excluding hydrogens is 395 g/mol. The van der Waals surface area contributed by atoms with Crippen LogP contribution in [0.3, 0.4) is 0 Å². The standard InChI is InChI=1S/C19H12ClFN4.CH4O.CH2O/c20-19-18(24-14-5-3-13(21)4-6-14)10-12(11-23-19)15-7-8-16-17(25-15)2-1-9-22-16;2*1-2/h1-11,24H;2H,1H3;1H2. The van der Waals surface area contributed by atoms with Gasteiger partial charge in [0.2, 0.25) is 0 Å². The van der Waals surface area contributed by atoms with Gasteiger partial charge in [-0.3, -0.25) is 4.98 Å². The second-order valence-corrected chi connectivity index (χ2v) is 5.79. The maximum atomic E-state index is 13.0. The van der Waals surface area contributed by atoms with E-state index in [1.54, 1.807) is 24.5 Å². The Labute approximate surface area is 172 Å². The van der Waals surface area contributed by atoms with Crippen molar-refractivity contribution in [3.63, 3.8) is 0 Å². The summed E-state index contributed by atoms with van der Waals surface area (Å²) in [5.74, 6) is -0.294. The van der Waals surface area contributed by atoms with Crippen molar-refractivity contribution in [2.24, 2.45) is 0 Å². The van der Waals surface area contributed by atoms with Gasteiger partial charge in [0, 0.05) is 30.8 Å². The van der Waals surface area contributed by atoms with Gasteiger partial charge >= 0.3 is 0 Å². The van der Waals surface area contributed by atoms with E-state index in [9.17, 15) is 4.39 Å². The minimum Gasteiger partial charge on any atom is -0.400 e. The van der Waals surface area contributed by atoms with Crippen LogP contribution in [0.1, 0.15) is 0 Å². The Kier molecular flexibility index (Phi) is 8.14. The van der Waals surface area contributed by atoms with Crippen LogP contribution in [0.4, 0.5) is 15.8 Å². The maximum Gasteiger partial charge on any atom is 0.152 e. The zero-order valence-corrected chi connectivity index (χ0v) is 16.3. The van der Waals surface area contributed by atoms with Gasteiger partial charge in [0.15, 0.2) is 5.15 Å². The molecule has 0 bridgehead atoms. The molecule has 148 valence electrons. The van der Waals surface area contributed by atoms with Crippen LogP contribution in [0, 0.1) is 5.82 Å². The fraction of sp³-hybridized carbons (Fsp3) is 0.0476. The summed E-state index contributed by atoms with van der Waals surface area (Å²) in [7, 11) is 1.00. The van der Waals surface area contributed by atoms with Crippen molar-refractivity contribution in [3.8, 4) is 11.3 Å². The van der Waals surface area contributed by atoms with Crippen molar-refractivity contribution in [3.05, 3.63) is 78.0 Å². The van der Waals surface area contributed by atoms with E-state index in [1.807, 2.05) is 37.1 Å². The third kappa shape index (κ3) is 5.54. The van der Waals surface area contributed by atoms with Crippen molar-refractivity contribution in [1.29, 1.82) is 0 Å². The topological polar surface area (TPSA) is 88.0 Å². The van der Waals surface area contributed by atoms with E-state index in [4.69, 9.17) is 21.5 Å². The van der Waals surface area contributed by atoms with Crippen molar-refractivity contribution in [2.45, 2.75) is 0 Å². The van der Waals surface area contributed by atoms with Crippen LogP contribution in [0.15, 0.2) is 67.0 Å². The molecule has 0 fully saturated rings. The average molecular weight is 413 g/mol. The SMILES string of the molecule is C=O.CO.Fc1ccc(Nc2cc(-c3ccc4ncccc4n3)cnc2Cl)cc1. The van der Waals surface area contributed by atoms with E-state index in [-0.39, 0.29) is 5.82 Å². The number of anilines is 2. The number of hydrogen-bond acceptors (Lipinski definition) is 6. The molecule has 0 unspecified atom stereocenters. The van der Waals surface area contributed by atoms with Gasteiger partial charge in [0.1, 0.15) is 12.6 Å². The summed E-state index contributed by atoms with van der Waals surface area (Å²) >= 11 is 6.18. The number of halogens is 2. The molecule has 0 atom stereocenters. The van der Waals surface area contributed by atoms with Crippen molar-refractivity contribution >= 4 is 40.8 Å². The van der Waals surface area contributed by atoms with E-state index in [2.05, 4.69) is 20.3 Å². The molecule has 1 aromatic carbocycles. The van der Waals surface area contributed by atoms with E-state index in [0.29, 0.717) is 10.8 Å². The fourth-order valence-electron chi connectivity index (χ4n) is 2.48. The van der Waals surface area contributed by atoms with E-state index in [0.717, 1.165) is 35.1 Å². The maximum absolute atomic E-state index is 13.0. The lowest BCUT2D eigenvalue weighted by molar-refractivity contribution is -0.0979. The first-order chi connectivity index (χ1) is 14.2. The highest BCUT2D eigenvalue weighted by molar-refractivity contribution is 6.32. The smallest absolute Gasteiger partial charge is 0.152 e. The summed E-state index contributed by atoms with van der Waals surface area (Å²) in [6.45, 7) is 2.00. The second-order valence-electron chi connectivity index (χ2n) is 5.43. The van der Waals surface area contributed by atoms with E-state index in [1.165, 1.54) is 12.1 Å². The highest BCUT2D eigenvalue weighted by atomic mass is 35.5. The first-order valence-electron chi connectivity index (χ1n) is 8.33. The molecule has 4 aromatic rings. The quantitative estimate of drug-likeness (QED) is 0.476. The lowest BCUT2D eigenvalue weighted by Gasteiger charge is -2.10. The van der Waals surface area contributed by atoms with Gasteiger partial charge in [-0.05, 0) is 54.6 Å². The summed E-state index contributed by atoms with van der Waals surface area (Å²) in [6, 6.07) is 15.5. The molecule has 3 heterocycles. The van der Waals surface area contributed by atoms with Crippen LogP contribution in [0.5, 0.6) is 0 Å². The van der Waals surface area contributed by atoms with Crippen LogP contribution >= 0.6 is 11.6 Å². The fourth-order valence-corrected chi connectivity index (χ4v) is 2.63. The number of carbonyl (C=O) groups excluding carboxylic acids is 1. The Morgan fingerprint density at radius 2 is 1.72 bits per heavy atom. The average Bonchev–Trinajstić information content (AvgIpc) is 2.79. The van der Waals surface area contributed by atoms with Gasteiger partial charge in [-0.25, -0.2) is 14.4 Å². The molecular formula is C21H18ClFN4O2. The van der Waals surface area contributed by atoms with Crippen LogP contribution in [-0.2, 0) is 4.79 Å². The Morgan fingerprint density at radius 1 is 1.00 bits per heavy atom. The Balaban J connectivity index is 0.000000707. The molecule has 4 rings (SSSR count). The molecule has 8 heteroatoms. The molecule has 0 aliphatic carbocycles. The second kappa shape index (κ2) is 10.8. The third-order valence-electron chi connectivity index (χ3n) is 3.71. The Bertz CT molecular complexity index is 1080. The number of fused-ring (bicyclic) bond motifs is 1. The van der Waals surface area contributed by atoms with Crippen LogP contribution in [0.25, 0.3) is 22.3 Å². The number of carbonyl (C=O) groups is 1. The largest absolute Gasteiger partial charge is 0.400 e. The summed E-state index contributed by atoms with van der Waals surface area (Å²) in [5.41, 5.74) is 4.57. The van der Waals surface area contributed by atoms with Gasteiger partial charge in [-0.1, -0.05) is 11.6 Å². The Hall–Kier alpha value is -3.42.